The van der Waals surface area contributed by atoms with Crippen molar-refractivity contribution in [2.75, 3.05) is 6.54 Å². The molecule has 1 heterocycles. The van der Waals surface area contributed by atoms with Gasteiger partial charge in [-0.25, -0.2) is 0 Å². The van der Waals surface area contributed by atoms with E-state index in [0.29, 0.717) is 11.7 Å². The van der Waals surface area contributed by atoms with Crippen LogP contribution in [-0.4, -0.2) is 11.7 Å². The van der Waals surface area contributed by atoms with Gasteiger partial charge in [0.2, 0.25) is 0 Å². The second-order valence-corrected chi connectivity index (χ2v) is 1.27. The van der Waals surface area contributed by atoms with Crippen molar-refractivity contribution in [2.24, 2.45) is 5.10 Å². The standard InChI is InChI=1S/C3H3ClN2/c4-3-1-2-5-6-3/h5H,2H2. The summed E-state index contributed by atoms with van der Waals surface area (Å²) < 4.78 is 0. The van der Waals surface area contributed by atoms with Gasteiger partial charge in [-0.3, -0.25) is 0 Å². The smallest absolute Gasteiger partial charge is 0.136 e. The Morgan fingerprint density at radius 3 is 3.00 bits per heavy atom. The molecule has 0 aromatic carbocycles. The van der Waals surface area contributed by atoms with E-state index in [9.17, 15) is 0 Å². The highest BCUT2D eigenvalue weighted by Gasteiger charge is 1.99. The van der Waals surface area contributed by atoms with E-state index in [-0.39, 0.29) is 0 Å². The molecule has 0 spiro atoms. The van der Waals surface area contributed by atoms with Gasteiger partial charge < -0.3 is 5.43 Å². The van der Waals surface area contributed by atoms with Gasteiger partial charge in [-0.2, -0.15) is 5.10 Å². The Morgan fingerprint density at radius 2 is 2.83 bits per heavy atom. The van der Waals surface area contributed by atoms with Crippen molar-refractivity contribution in [1.29, 1.82) is 0 Å². The van der Waals surface area contributed by atoms with Crippen molar-refractivity contribution in [2.45, 2.75) is 0 Å². The maximum atomic E-state index is 5.29. The Labute approximate surface area is 41.2 Å². The lowest BCUT2D eigenvalue weighted by atomic mass is 10.5. The molecule has 3 heteroatoms. The summed E-state index contributed by atoms with van der Waals surface area (Å²) in [5.41, 5.74) is 2.62. The van der Waals surface area contributed by atoms with Crippen LogP contribution in [0, 0.1) is 6.42 Å². The van der Waals surface area contributed by atoms with Crippen LogP contribution in [0.5, 0.6) is 0 Å². The van der Waals surface area contributed by atoms with Crippen molar-refractivity contribution >= 4 is 16.8 Å². The first-order valence-electron chi connectivity index (χ1n) is 1.59. The van der Waals surface area contributed by atoms with Crippen LogP contribution in [0.15, 0.2) is 5.10 Å². The monoisotopic (exact) mass is 102 g/mol. The van der Waals surface area contributed by atoms with Gasteiger partial charge >= 0.3 is 0 Å². The predicted molar refractivity (Wildman–Crippen MR) is 24.5 cm³/mol. The molecule has 1 aliphatic heterocycles. The summed E-state index contributed by atoms with van der Waals surface area (Å²) in [4.78, 5) is 0. The molecule has 32 valence electrons. The fraction of sp³-hybridized carbons (Fsp3) is 0.333. The largest absolute Gasteiger partial charge is 0.308 e. The second-order valence-electron chi connectivity index (χ2n) is 0.914. The van der Waals surface area contributed by atoms with E-state index in [2.05, 4.69) is 16.9 Å². The molecule has 0 aliphatic carbocycles. The fourth-order valence-electron chi connectivity index (χ4n) is 0.261. The Morgan fingerprint density at radius 1 is 2.00 bits per heavy atom. The van der Waals surface area contributed by atoms with Crippen LogP contribution in [0.4, 0.5) is 0 Å². The lowest BCUT2D eigenvalue weighted by molar-refractivity contribution is 0.854. The minimum absolute atomic E-state index is 0.440. The third-order valence-electron chi connectivity index (χ3n) is 0.491. The molecular formula is C3H3ClN2. The molecule has 0 unspecified atom stereocenters. The van der Waals surface area contributed by atoms with Crippen molar-refractivity contribution in [1.82, 2.24) is 5.43 Å². The highest BCUT2D eigenvalue weighted by atomic mass is 35.5. The number of nitrogens with zero attached hydrogens (tertiary/aromatic N) is 1. The van der Waals surface area contributed by atoms with Crippen molar-refractivity contribution in [3.8, 4) is 0 Å². The van der Waals surface area contributed by atoms with Gasteiger partial charge in [0.1, 0.15) is 5.17 Å². The fourth-order valence-corrected chi connectivity index (χ4v) is 0.388. The first kappa shape index (κ1) is 3.93. The van der Waals surface area contributed by atoms with Crippen LogP contribution in [0.1, 0.15) is 0 Å². The van der Waals surface area contributed by atoms with Crippen LogP contribution < -0.4 is 5.43 Å². The van der Waals surface area contributed by atoms with E-state index in [0.717, 1.165) is 0 Å². The molecule has 2 radical (unpaired) electrons. The van der Waals surface area contributed by atoms with Crippen LogP contribution in [0.2, 0.25) is 0 Å². The molecule has 0 amide bonds. The van der Waals surface area contributed by atoms with Gasteiger partial charge in [-0.15, -0.1) is 0 Å². The highest BCUT2D eigenvalue weighted by molar-refractivity contribution is 6.67. The van der Waals surface area contributed by atoms with Gasteiger partial charge in [0.25, 0.3) is 0 Å². The lowest BCUT2D eigenvalue weighted by Crippen LogP contribution is -1.97. The third kappa shape index (κ3) is 0.627. The molecule has 0 fully saturated rings. The van der Waals surface area contributed by atoms with Gasteiger partial charge in [-0.1, -0.05) is 11.6 Å². The number of hydrogen-bond acceptors (Lipinski definition) is 2. The molecule has 1 aliphatic rings. The van der Waals surface area contributed by atoms with Crippen molar-refractivity contribution < 1.29 is 0 Å². The summed E-state index contributed by atoms with van der Waals surface area (Å²) in [6.45, 7) is 0.652. The number of halogens is 1. The zero-order chi connectivity index (χ0) is 4.41. The quantitative estimate of drug-likeness (QED) is 0.465. The first-order valence-corrected chi connectivity index (χ1v) is 1.97. The van der Waals surface area contributed by atoms with Crippen molar-refractivity contribution in [3.05, 3.63) is 6.42 Å². The molecule has 0 aromatic heterocycles. The van der Waals surface area contributed by atoms with E-state index in [4.69, 9.17) is 11.6 Å². The number of hydrogen-bond donors (Lipinski definition) is 1. The van der Waals surface area contributed by atoms with Crippen LogP contribution >= 0.6 is 11.6 Å². The molecule has 0 aromatic rings. The zero-order valence-electron chi connectivity index (χ0n) is 3.03. The summed E-state index contributed by atoms with van der Waals surface area (Å²) >= 11 is 5.29. The Kier molecular flexibility index (Phi) is 0.965. The van der Waals surface area contributed by atoms with E-state index in [1.54, 1.807) is 0 Å². The van der Waals surface area contributed by atoms with Gasteiger partial charge in [-0.05, 0) is 0 Å². The van der Waals surface area contributed by atoms with E-state index in [1.807, 2.05) is 0 Å². The summed E-state index contributed by atoms with van der Waals surface area (Å²) in [6, 6.07) is 0. The minimum Gasteiger partial charge on any atom is -0.308 e. The van der Waals surface area contributed by atoms with Gasteiger partial charge in [0.15, 0.2) is 0 Å². The number of rotatable bonds is 0. The normalized spacial score (nSPS) is 19.8. The maximum Gasteiger partial charge on any atom is 0.136 e. The molecule has 1 N–H and O–H groups in total. The summed E-state index contributed by atoms with van der Waals surface area (Å²) in [5, 5.41) is 4.00. The zero-order valence-corrected chi connectivity index (χ0v) is 3.79. The summed E-state index contributed by atoms with van der Waals surface area (Å²) in [6.07, 6.45) is 2.72. The average molecular weight is 103 g/mol. The van der Waals surface area contributed by atoms with Crippen LogP contribution in [-0.2, 0) is 0 Å². The second kappa shape index (κ2) is 1.47. The van der Waals surface area contributed by atoms with E-state index < -0.39 is 0 Å². The molecule has 1 rings (SSSR count). The minimum atomic E-state index is 0.440. The SMILES string of the molecule is ClC1=NNC[C]1. The Bertz CT molecular complexity index is 78.9. The van der Waals surface area contributed by atoms with E-state index in [1.165, 1.54) is 0 Å². The molecule has 0 bridgehead atoms. The Hall–Kier alpha value is -0.240. The van der Waals surface area contributed by atoms with Gasteiger partial charge in [0, 0.05) is 6.54 Å². The van der Waals surface area contributed by atoms with Crippen LogP contribution in [0.3, 0.4) is 0 Å². The highest BCUT2D eigenvalue weighted by Crippen LogP contribution is 1.93. The molecule has 0 saturated carbocycles. The lowest BCUT2D eigenvalue weighted by Gasteiger charge is -1.75. The van der Waals surface area contributed by atoms with E-state index >= 15 is 0 Å². The summed E-state index contributed by atoms with van der Waals surface area (Å²) in [7, 11) is 0. The first-order chi connectivity index (χ1) is 2.89. The van der Waals surface area contributed by atoms with Crippen LogP contribution in [0.25, 0.3) is 0 Å². The Balaban J connectivity index is 2.45. The molecular weight excluding hydrogens is 99.5 g/mol. The molecule has 6 heavy (non-hydrogen) atoms. The third-order valence-corrected chi connectivity index (χ3v) is 0.709. The number of hydrazone groups is 1. The molecule has 0 saturated heterocycles. The molecule has 0 atom stereocenters. The average Bonchev–Trinajstić information content (AvgIpc) is 1.86. The van der Waals surface area contributed by atoms with Crippen molar-refractivity contribution in [3.63, 3.8) is 0 Å². The predicted octanol–water partition coefficient (Wildman–Crippen LogP) is 0.223. The number of nitrogens with one attached hydrogen (secondary N) is 1. The maximum absolute atomic E-state index is 5.29. The summed E-state index contributed by atoms with van der Waals surface area (Å²) in [5.74, 6) is 0. The molecule has 2 nitrogen and oxygen atoms in total. The topological polar surface area (TPSA) is 24.4 Å². The van der Waals surface area contributed by atoms with Gasteiger partial charge in [0.05, 0.1) is 6.42 Å².